The molecule has 5 aromatic carbocycles. The van der Waals surface area contributed by atoms with E-state index in [4.69, 9.17) is 14.4 Å². The van der Waals surface area contributed by atoms with E-state index in [2.05, 4.69) is 143 Å². The number of imidazole rings is 1. The third-order valence-electron chi connectivity index (χ3n) is 10.1. The number of hydrogen-bond acceptors (Lipinski definition) is 3. The summed E-state index contributed by atoms with van der Waals surface area (Å²) in [7, 11) is 0. The van der Waals surface area contributed by atoms with Crippen molar-refractivity contribution in [3.05, 3.63) is 119 Å². The molecule has 0 spiro atoms. The summed E-state index contributed by atoms with van der Waals surface area (Å²) in [5, 5.41) is 7.31. The molecule has 4 heteroatoms. The lowest BCUT2D eigenvalue weighted by Gasteiger charge is -2.23. The van der Waals surface area contributed by atoms with Gasteiger partial charge in [0, 0.05) is 28.4 Å². The predicted octanol–water partition coefficient (Wildman–Crippen LogP) is 12.3. The van der Waals surface area contributed by atoms with Gasteiger partial charge in [-0.1, -0.05) is 114 Å². The predicted molar refractivity (Wildman–Crippen MR) is 202 cm³/mol. The normalized spacial score (nSPS) is 12.4. The van der Waals surface area contributed by atoms with Gasteiger partial charge in [-0.2, -0.15) is 0 Å². The molecule has 0 aliphatic rings. The smallest absolute Gasteiger partial charge is 0.227 e. The molecular weight excluding hydrogens is 587 g/mol. The molecule has 0 amide bonds. The van der Waals surface area contributed by atoms with Crippen molar-refractivity contribution in [3.8, 4) is 11.4 Å². The second-order valence-corrected chi connectivity index (χ2v) is 14.3. The van der Waals surface area contributed by atoms with Gasteiger partial charge in [0.25, 0.3) is 0 Å². The fourth-order valence-electron chi connectivity index (χ4n) is 7.82. The zero-order chi connectivity index (χ0) is 33.1. The lowest BCUT2D eigenvalue weighted by molar-refractivity contribution is 0.641. The van der Waals surface area contributed by atoms with Crippen LogP contribution in [0, 0.1) is 0 Å². The highest BCUT2D eigenvalue weighted by atomic mass is 16.3. The molecule has 0 fully saturated rings. The number of rotatable bonds is 8. The van der Waals surface area contributed by atoms with Gasteiger partial charge in [0.2, 0.25) is 5.71 Å². The first kappa shape index (κ1) is 30.4. The Morgan fingerprint density at radius 2 is 1.40 bits per heavy atom. The lowest BCUT2D eigenvalue weighted by atomic mass is 9.83. The van der Waals surface area contributed by atoms with Gasteiger partial charge >= 0.3 is 0 Å². The molecule has 0 N–H and O–H groups in total. The average molecular weight is 630 g/mol. The Labute approximate surface area is 282 Å². The van der Waals surface area contributed by atoms with E-state index in [1.165, 1.54) is 43.8 Å². The van der Waals surface area contributed by atoms with Crippen LogP contribution in [0.5, 0.6) is 0 Å². The number of aryl methyl sites for hydroxylation is 1. The second-order valence-electron chi connectivity index (χ2n) is 14.3. The standard InChI is InChI=1S/C44H43N3O/c1-26(2)37-25-30-14-8-9-15-31(30)40(28(5)6)33(37)19-12-24-47-41-32-16-10-7-13-29(32)20-22-39(41)45-43(47)36-18-11-17-34-35-21-23-38(27(3)4)46-44(35)48-42(34)36/h7-11,13-18,20-23,25-28H,12,19,24H2,1-6H3. The summed E-state index contributed by atoms with van der Waals surface area (Å²) in [6, 6.07) is 35.1. The second kappa shape index (κ2) is 11.9. The van der Waals surface area contributed by atoms with E-state index in [9.17, 15) is 0 Å². The van der Waals surface area contributed by atoms with Gasteiger partial charge in [0.15, 0.2) is 0 Å². The van der Waals surface area contributed by atoms with Gasteiger partial charge < -0.3 is 8.98 Å². The number of hydrogen-bond donors (Lipinski definition) is 0. The molecule has 4 nitrogen and oxygen atoms in total. The number of para-hydroxylation sites is 1. The van der Waals surface area contributed by atoms with Crippen LogP contribution in [0.3, 0.4) is 0 Å². The van der Waals surface area contributed by atoms with E-state index in [0.717, 1.165) is 58.3 Å². The van der Waals surface area contributed by atoms with Crippen LogP contribution in [-0.2, 0) is 13.0 Å². The lowest BCUT2D eigenvalue weighted by Crippen LogP contribution is -2.08. The minimum Gasteiger partial charge on any atom is -0.437 e. The molecule has 3 heterocycles. The fraction of sp³-hybridized carbons (Fsp3) is 0.273. The molecule has 0 bridgehead atoms. The number of pyridine rings is 1. The van der Waals surface area contributed by atoms with Crippen molar-refractivity contribution < 1.29 is 4.42 Å². The van der Waals surface area contributed by atoms with Crippen LogP contribution < -0.4 is 0 Å². The summed E-state index contributed by atoms with van der Waals surface area (Å²) in [4.78, 5) is 10.2. The molecule has 0 aliphatic carbocycles. The van der Waals surface area contributed by atoms with Gasteiger partial charge in [0.1, 0.15) is 11.4 Å². The van der Waals surface area contributed by atoms with Crippen molar-refractivity contribution in [1.82, 2.24) is 14.5 Å². The molecule has 0 radical (unpaired) electrons. The Morgan fingerprint density at radius 3 is 2.17 bits per heavy atom. The highest BCUT2D eigenvalue weighted by Gasteiger charge is 2.22. The molecule has 0 atom stereocenters. The molecule has 0 aliphatic heterocycles. The summed E-state index contributed by atoms with van der Waals surface area (Å²) in [6.07, 6.45) is 2.00. The maximum atomic E-state index is 6.60. The molecule has 8 rings (SSSR count). The molecule has 240 valence electrons. The van der Waals surface area contributed by atoms with E-state index in [-0.39, 0.29) is 0 Å². The van der Waals surface area contributed by atoms with E-state index in [0.29, 0.717) is 23.5 Å². The summed E-state index contributed by atoms with van der Waals surface area (Å²) < 4.78 is 9.06. The van der Waals surface area contributed by atoms with Crippen LogP contribution in [0.25, 0.3) is 66.0 Å². The Balaban J connectivity index is 1.29. The van der Waals surface area contributed by atoms with Gasteiger partial charge in [-0.05, 0) is 87.7 Å². The van der Waals surface area contributed by atoms with E-state index < -0.39 is 0 Å². The quantitative estimate of drug-likeness (QED) is 0.168. The van der Waals surface area contributed by atoms with Crippen molar-refractivity contribution in [2.45, 2.75) is 78.7 Å². The van der Waals surface area contributed by atoms with E-state index in [1.54, 1.807) is 0 Å². The van der Waals surface area contributed by atoms with Crippen molar-refractivity contribution in [1.29, 1.82) is 0 Å². The largest absolute Gasteiger partial charge is 0.437 e. The van der Waals surface area contributed by atoms with Crippen molar-refractivity contribution in [2.24, 2.45) is 0 Å². The van der Waals surface area contributed by atoms with E-state index in [1.807, 2.05) is 0 Å². The zero-order valence-electron chi connectivity index (χ0n) is 28.8. The molecule has 8 aromatic rings. The minimum absolute atomic E-state index is 0.328. The third-order valence-corrected chi connectivity index (χ3v) is 10.1. The van der Waals surface area contributed by atoms with Gasteiger partial charge in [-0.15, -0.1) is 0 Å². The van der Waals surface area contributed by atoms with Gasteiger partial charge in [-0.3, -0.25) is 0 Å². The Hall–Kier alpha value is -4.96. The van der Waals surface area contributed by atoms with Crippen molar-refractivity contribution in [3.63, 3.8) is 0 Å². The first-order valence-corrected chi connectivity index (χ1v) is 17.5. The summed E-state index contributed by atoms with van der Waals surface area (Å²) >= 11 is 0. The van der Waals surface area contributed by atoms with Crippen LogP contribution in [0.4, 0.5) is 0 Å². The highest BCUT2D eigenvalue weighted by Crippen LogP contribution is 2.39. The first-order valence-electron chi connectivity index (χ1n) is 17.5. The number of aromatic nitrogens is 3. The Bertz CT molecular complexity index is 2480. The van der Waals surface area contributed by atoms with Gasteiger partial charge in [-0.25, -0.2) is 9.97 Å². The molecule has 48 heavy (non-hydrogen) atoms. The summed E-state index contributed by atoms with van der Waals surface area (Å²) in [5.74, 6) is 2.16. The van der Waals surface area contributed by atoms with E-state index >= 15 is 0 Å². The topological polar surface area (TPSA) is 43.9 Å². The van der Waals surface area contributed by atoms with Crippen LogP contribution >= 0.6 is 0 Å². The summed E-state index contributed by atoms with van der Waals surface area (Å²) in [6.45, 7) is 14.5. The summed E-state index contributed by atoms with van der Waals surface area (Å²) in [5.41, 5.74) is 10.3. The SMILES string of the molecule is CC(C)c1ccc2c(n1)oc1c(-c3nc4ccc5ccccc5c4n3CCCc3c(C(C)C)cc4ccccc4c3C(C)C)cccc12. The average Bonchev–Trinajstić information content (AvgIpc) is 3.65. The maximum absolute atomic E-state index is 6.60. The molecule has 3 aromatic heterocycles. The third kappa shape index (κ3) is 4.97. The van der Waals surface area contributed by atoms with Crippen LogP contribution in [0.15, 0.2) is 101 Å². The molecular formula is C44H43N3O. The number of furan rings is 1. The van der Waals surface area contributed by atoms with Crippen LogP contribution in [0.2, 0.25) is 0 Å². The molecule has 0 saturated carbocycles. The van der Waals surface area contributed by atoms with Crippen molar-refractivity contribution in [2.75, 3.05) is 0 Å². The number of nitrogens with zero attached hydrogens (tertiary/aromatic N) is 3. The minimum atomic E-state index is 0.328. The number of fused-ring (bicyclic) bond motifs is 7. The highest BCUT2D eigenvalue weighted by molar-refractivity contribution is 6.10. The Kier molecular flexibility index (Phi) is 7.55. The van der Waals surface area contributed by atoms with Crippen LogP contribution in [-0.4, -0.2) is 14.5 Å². The Morgan fingerprint density at radius 1 is 0.646 bits per heavy atom. The fourth-order valence-corrected chi connectivity index (χ4v) is 7.82. The van der Waals surface area contributed by atoms with Crippen LogP contribution in [0.1, 0.15) is 88.1 Å². The number of benzene rings is 5. The van der Waals surface area contributed by atoms with Crippen molar-refractivity contribution >= 4 is 54.6 Å². The van der Waals surface area contributed by atoms with Gasteiger partial charge in [0.05, 0.1) is 16.6 Å². The molecule has 0 unspecified atom stereocenters. The first-order chi connectivity index (χ1) is 23.3. The zero-order valence-corrected chi connectivity index (χ0v) is 28.8. The monoisotopic (exact) mass is 629 g/mol. The maximum Gasteiger partial charge on any atom is 0.227 e. The molecule has 0 saturated heterocycles.